The van der Waals surface area contributed by atoms with E-state index in [1.165, 1.54) is 0 Å². The molecule has 1 amide bonds. The van der Waals surface area contributed by atoms with Crippen molar-refractivity contribution >= 4 is 11.7 Å². The van der Waals surface area contributed by atoms with Crippen LogP contribution in [0.2, 0.25) is 0 Å². The molecule has 1 aliphatic carbocycles. The van der Waals surface area contributed by atoms with Crippen molar-refractivity contribution in [1.82, 2.24) is 20.0 Å². The third kappa shape index (κ3) is 1.82. The molecule has 1 fully saturated rings. The van der Waals surface area contributed by atoms with E-state index in [1.807, 2.05) is 0 Å². The highest BCUT2D eigenvalue weighted by molar-refractivity contribution is 6.03. The zero-order valence-electron chi connectivity index (χ0n) is 9.47. The molecule has 0 bridgehead atoms. The first-order chi connectivity index (χ1) is 8.25. The van der Waals surface area contributed by atoms with Crippen molar-refractivity contribution in [2.24, 2.45) is 7.05 Å². The molecular weight excluding hydrogens is 218 g/mol. The standard InChI is InChI=1S/C11H13N5O/c1-16-10(8(6-13-16)7-2-3-7)11(17)14-9-4-5-12-15-9/h4-7H,2-3H2,1H3,(H2,12,14,15,17). The van der Waals surface area contributed by atoms with Crippen molar-refractivity contribution in [3.05, 3.63) is 29.7 Å². The van der Waals surface area contributed by atoms with Crippen LogP contribution in [0.4, 0.5) is 5.82 Å². The summed E-state index contributed by atoms with van der Waals surface area (Å²) in [4.78, 5) is 12.1. The second-order valence-corrected chi connectivity index (χ2v) is 4.27. The Bertz CT molecular complexity index is 538. The maximum atomic E-state index is 12.1. The van der Waals surface area contributed by atoms with E-state index >= 15 is 0 Å². The number of amides is 1. The first kappa shape index (κ1) is 10.1. The molecule has 3 rings (SSSR count). The monoisotopic (exact) mass is 231 g/mol. The number of H-pyrrole nitrogens is 1. The van der Waals surface area contributed by atoms with Gasteiger partial charge in [-0.25, -0.2) is 0 Å². The predicted molar refractivity (Wildman–Crippen MR) is 61.7 cm³/mol. The minimum atomic E-state index is -0.142. The Morgan fingerprint density at radius 3 is 3.06 bits per heavy atom. The molecule has 88 valence electrons. The smallest absolute Gasteiger partial charge is 0.275 e. The number of carbonyl (C=O) groups is 1. The van der Waals surface area contributed by atoms with E-state index in [0.29, 0.717) is 17.4 Å². The number of nitrogens with zero attached hydrogens (tertiary/aromatic N) is 3. The molecule has 2 heterocycles. The topological polar surface area (TPSA) is 75.6 Å². The summed E-state index contributed by atoms with van der Waals surface area (Å²) in [5.74, 6) is 0.959. The Morgan fingerprint density at radius 1 is 1.59 bits per heavy atom. The normalized spacial score (nSPS) is 14.9. The minimum Gasteiger partial charge on any atom is -0.306 e. The number of aromatic nitrogens is 4. The van der Waals surface area contributed by atoms with Gasteiger partial charge < -0.3 is 5.32 Å². The van der Waals surface area contributed by atoms with Gasteiger partial charge in [-0.2, -0.15) is 10.2 Å². The van der Waals surface area contributed by atoms with Crippen molar-refractivity contribution in [1.29, 1.82) is 0 Å². The Labute approximate surface area is 98.0 Å². The second-order valence-electron chi connectivity index (χ2n) is 4.27. The lowest BCUT2D eigenvalue weighted by molar-refractivity contribution is 0.101. The Kier molecular flexibility index (Phi) is 2.21. The highest BCUT2D eigenvalue weighted by Crippen LogP contribution is 2.41. The lowest BCUT2D eigenvalue weighted by atomic mass is 10.1. The molecule has 1 saturated carbocycles. The summed E-state index contributed by atoms with van der Waals surface area (Å²) in [6.07, 6.45) is 5.69. The van der Waals surface area contributed by atoms with Crippen molar-refractivity contribution < 1.29 is 4.79 Å². The van der Waals surface area contributed by atoms with Gasteiger partial charge >= 0.3 is 0 Å². The van der Waals surface area contributed by atoms with Crippen molar-refractivity contribution in [2.45, 2.75) is 18.8 Å². The lowest BCUT2D eigenvalue weighted by Crippen LogP contribution is -2.18. The highest BCUT2D eigenvalue weighted by atomic mass is 16.2. The third-order valence-corrected chi connectivity index (χ3v) is 2.95. The molecular formula is C11H13N5O. The summed E-state index contributed by atoms with van der Waals surface area (Å²) >= 11 is 0. The average molecular weight is 231 g/mol. The Hall–Kier alpha value is -2.11. The minimum absolute atomic E-state index is 0.142. The van der Waals surface area contributed by atoms with Crippen LogP contribution in [0, 0.1) is 0 Å². The van der Waals surface area contributed by atoms with Gasteiger partial charge in [-0.3, -0.25) is 14.6 Å². The van der Waals surface area contributed by atoms with Crippen LogP contribution in [0.25, 0.3) is 0 Å². The van der Waals surface area contributed by atoms with Crippen molar-refractivity contribution in [2.75, 3.05) is 5.32 Å². The number of hydrogen-bond acceptors (Lipinski definition) is 3. The molecule has 2 aromatic heterocycles. The molecule has 17 heavy (non-hydrogen) atoms. The van der Waals surface area contributed by atoms with Crippen molar-refractivity contribution in [3.63, 3.8) is 0 Å². The van der Waals surface area contributed by atoms with Gasteiger partial charge in [0.25, 0.3) is 5.91 Å². The van der Waals surface area contributed by atoms with Gasteiger partial charge in [0.2, 0.25) is 0 Å². The molecule has 2 N–H and O–H groups in total. The molecule has 0 aromatic carbocycles. The summed E-state index contributed by atoms with van der Waals surface area (Å²) in [5, 5.41) is 13.4. The fourth-order valence-electron chi connectivity index (χ4n) is 1.93. The van der Waals surface area contributed by atoms with Crippen LogP contribution in [0.5, 0.6) is 0 Å². The van der Waals surface area contributed by atoms with E-state index in [1.54, 1.807) is 30.2 Å². The van der Waals surface area contributed by atoms with Crippen LogP contribution in [0.3, 0.4) is 0 Å². The Balaban J connectivity index is 1.87. The molecule has 0 radical (unpaired) electrons. The van der Waals surface area contributed by atoms with E-state index in [-0.39, 0.29) is 5.91 Å². The van der Waals surface area contributed by atoms with Gasteiger partial charge in [-0.1, -0.05) is 0 Å². The van der Waals surface area contributed by atoms with E-state index in [2.05, 4.69) is 20.6 Å². The average Bonchev–Trinajstić information content (AvgIpc) is 2.88. The number of hydrogen-bond donors (Lipinski definition) is 2. The van der Waals surface area contributed by atoms with Gasteiger partial charge in [-0.15, -0.1) is 0 Å². The molecule has 0 atom stereocenters. The zero-order valence-corrected chi connectivity index (χ0v) is 9.47. The number of aryl methyl sites for hydroxylation is 1. The van der Waals surface area contributed by atoms with Crippen LogP contribution in [-0.4, -0.2) is 25.9 Å². The first-order valence-corrected chi connectivity index (χ1v) is 5.58. The van der Waals surface area contributed by atoms with Gasteiger partial charge in [-0.05, 0) is 18.8 Å². The largest absolute Gasteiger partial charge is 0.306 e. The molecule has 0 unspecified atom stereocenters. The van der Waals surface area contributed by atoms with E-state index in [0.717, 1.165) is 18.4 Å². The SMILES string of the molecule is Cn1ncc(C2CC2)c1C(=O)Nc1ccn[nH]1. The maximum Gasteiger partial charge on any atom is 0.275 e. The van der Waals surface area contributed by atoms with Gasteiger partial charge in [0.15, 0.2) is 0 Å². The van der Waals surface area contributed by atoms with Crippen molar-refractivity contribution in [3.8, 4) is 0 Å². The Morgan fingerprint density at radius 2 is 2.41 bits per heavy atom. The molecule has 6 nitrogen and oxygen atoms in total. The number of rotatable bonds is 3. The fourth-order valence-corrected chi connectivity index (χ4v) is 1.93. The number of carbonyl (C=O) groups excluding carboxylic acids is 1. The van der Waals surface area contributed by atoms with Crippen LogP contribution in [0.15, 0.2) is 18.5 Å². The van der Waals surface area contributed by atoms with Gasteiger partial charge in [0.1, 0.15) is 11.5 Å². The molecule has 2 aromatic rings. The third-order valence-electron chi connectivity index (χ3n) is 2.95. The van der Waals surface area contributed by atoms with Gasteiger partial charge in [0.05, 0.1) is 12.4 Å². The fraction of sp³-hybridized carbons (Fsp3) is 0.364. The highest BCUT2D eigenvalue weighted by Gasteiger charge is 2.30. The van der Waals surface area contributed by atoms with Crippen LogP contribution < -0.4 is 5.32 Å². The summed E-state index contributed by atoms with van der Waals surface area (Å²) in [6, 6.07) is 1.71. The molecule has 1 aliphatic rings. The maximum absolute atomic E-state index is 12.1. The van der Waals surface area contributed by atoms with Crippen LogP contribution >= 0.6 is 0 Å². The van der Waals surface area contributed by atoms with Crippen LogP contribution in [0.1, 0.15) is 34.8 Å². The summed E-state index contributed by atoms with van der Waals surface area (Å²) in [5.41, 5.74) is 1.69. The number of aromatic amines is 1. The van der Waals surface area contributed by atoms with E-state index < -0.39 is 0 Å². The van der Waals surface area contributed by atoms with E-state index in [4.69, 9.17) is 0 Å². The lowest BCUT2D eigenvalue weighted by Gasteiger charge is -2.05. The van der Waals surface area contributed by atoms with E-state index in [9.17, 15) is 4.79 Å². The van der Waals surface area contributed by atoms with Crippen LogP contribution in [-0.2, 0) is 7.05 Å². The number of nitrogens with one attached hydrogen (secondary N) is 2. The molecule has 0 aliphatic heterocycles. The molecule has 6 heteroatoms. The second kappa shape index (κ2) is 3.73. The first-order valence-electron chi connectivity index (χ1n) is 5.58. The summed E-state index contributed by atoms with van der Waals surface area (Å²) in [7, 11) is 1.79. The zero-order chi connectivity index (χ0) is 11.8. The summed E-state index contributed by atoms with van der Waals surface area (Å²) < 4.78 is 1.62. The quantitative estimate of drug-likeness (QED) is 0.835. The predicted octanol–water partition coefficient (Wildman–Crippen LogP) is 1.27. The number of anilines is 1. The van der Waals surface area contributed by atoms with Gasteiger partial charge in [0, 0.05) is 18.7 Å². The summed E-state index contributed by atoms with van der Waals surface area (Å²) in [6.45, 7) is 0. The molecule has 0 spiro atoms. The molecule has 0 saturated heterocycles.